The number of hydrogen-bond donors (Lipinski definition) is 1. The second-order valence-electron chi connectivity index (χ2n) is 4.97. The van der Waals surface area contributed by atoms with Crippen LogP contribution in [0.15, 0.2) is 30.3 Å². The van der Waals surface area contributed by atoms with Gasteiger partial charge in [0.15, 0.2) is 0 Å². The molecule has 2 rings (SSSR count). The van der Waals surface area contributed by atoms with Gasteiger partial charge >= 0.3 is 0 Å². The Balaban J connectivity index is 0.00000180. The summed E-state index contributed by atoms with van der Waals surface area (Å²) in [6.07, 6.45) is 3.03. The van der Waals surface area contributed by atoms with Crippen LogP contribution < -0.4 is 5.84 Å². The Bertz CT molecular complexity index is 399. The van der Waals surface area contributed by atoms with E-state index >= 15 is 0 Å². The number of hydrazine groups is 1. The van der Waals surface area contributed by atoms with Crippen molar-refractivity contribution >= 4 is 18.3 Å². The van der Waals surface area contributed by atoms with Crippen molar-refractivity contribution in [2.45, 2.75) is 25.3 Å². The highest BCUT2D eigenvalue weighted by atomic mass is 35.5. The second kappa shape index (κ2) is 7.48. The van der Waals surface area contributed by atoms with E-state index in [2.05, 4.69) is 11.9 Å². The molecule has 1 saturated heterocycles. The summed E-state index contributed by atoms with van der Waals surface area (Å²) >= 11 is 0. The molecule has 0 radical (unpaired) electrons. The van der Waals surface area contributed by atoms with Gasteiger partial charge in [-0.05, 0) is 51.5 Å². The molecule has 0 saturated carbocycles. The minimum Gasteiger partial charge on any atom is -0.306 e. The van der Waals surface area contributed by atoms with Crippen LogP contribution in [0.3, 0.4) is 0 Å². The molecule has 1 aliphatic rings. The number of carbonyl (C=O) groups is 1. The molecular weight excluding hydrogens is 262 g/mol. The highest BCUT2D eigenvalue weighted by molar-refractivity contribution is 5.93. The van der Waals surface area contributed by atoms with Gasteiger partial charge in [-0.15, -0.1) is 12.4 Å². The summed E-state index contributed by atoms with van der Waals surface area (Å²) in [6, 6.07) is 9.40. The molecule has 1 unspecified atom stereocenters. The molecule has 1 aliphatic heterocycles. The fourth-order valence-electron chi connectivity index (χ4n) is 2.40. The zero-order valence-corrected chi connectivity index (χ0v) is 12.1. The van der Waals surface area contributed by atoms with Crippen molar-refractivity contribution in [3.63, 3.8) is 0 Å². The Hall–Kier alpha value is -1.10. The number of benzene rings is 1. The van der Waals surface area contributed by atoms with E-state index in [0.29, 0.717) is 5.56 Å². The first-order valence-corrected chi connectivity index (χ1v) is 6.50. The zero-order valence-electron chi connectivity index (χ0n) is 11.3. The van der Waals surface area contributed by atoms with Gasteiger partial charge in [0, 0.05) is 11.6 Å². The lowest BCUT2D eigenvalue weighted by atomic mass is 10.1. The van der Waals surface area contributed by atoms with Crippen LogP contribution in [-0.2, 0) is 0 Å². The standard InChI is InChI=1S/C14H21N3O.ClH/c1-16-10-5-8-13(9-11-16)17(15)14(18)12-6-3-2-4-7-12;/h2-4,6-7,13H,5,8-11,15H2,1H3;1H. The number of nitrogens with zero attached hydrogens (tertiary/aromatic N) is 2. The van der Waals surface area contributed by atoms with Crippen molar-refractivity contribution in [3.8, 4) is 0 Å². The normalized spacial score (nSPS) is 20.2. The maximum Gasteiger partial charge on any atom is 0.268 e. The summed E-state index contributed by atoms with van der Waals surface area (Å²) in [7, 11) is 2.11. The van der Waals surface area contributed by atoms with E-state index in [4.69, 9.17) is 5.84 Å². The van der Waals surface area contributed by atoms with Crippen LogP contribution >= 0.6 is 12.4 Å². The van der Waals surface area contributed by atoms with E-state index in [9.17, 15) is 4.79 Å². The second-order valence-corrected chi connectivity index (χ2v) is 4.97. The van der Waals surface area contributed by atoms with Crippen molar-refractivity contribution in [3.05, 3.63) is 35.9 Å². The molecule has 106 valence electrons. The smallest absolute Gasteiger partial charge is 0.268 e. The van der Waals surface area contributed by atoms with Gasteiger partial charge in [-0.3, -0.25) is 9.80 Å². The Morgan fingerprint density at radius 2 is 1.95 bits per heavy atom. The molecule has 4 nitrogen and oxygen atoms in total. The summed E-state index contributed by atoms with van der Waals surface area (Å²) in [6.45, 7) is 2.09. The quantitative estimate of drug-likeness (QED) is 0.512. The van der Waals surface area contributed by atoms with Crippen LogP contribution in [0.4, 0.5) is 0 Å². The maximum absolute atomic E-state index is 12.2. The topological polar surface area (TPSA) is 49.6 Å². The first kappa shape index (κ1) is 16.0. The number of hydrogen-bond acceptors (Lipinski definition) is 3. The van der Waals surface area contributed by atoms with Crippen LogP contribution in [0.5, 0.6) is 0 Å². The molecule has 2 N–H and O–H groups in total. The minimum absolute atomic E-state index is 0. The van der Waals surface area contributed by atoms with Gasteiger partial charge in [0.2, 0.25) is 0 Å². The van der Waals surface area contributed by atoms with Crippen LogP contribution in [0.2, 0.25) is 0 Å². The van der Waals surface area contributed by atoms with E-state index in [1.165, 1.54) is 5.01 Å². The third-order valence-corrected chi connectivity index (χ3v) is 3.57. The Morgan fingerprint density at radius 1 is 1.26 bits per heavy atom. The van der Waals surface area contributed by atoms with Crippen molar-refractivity contribution in [2.75, 3.05) is 20.1 Å². The van der Waals surface area contributed by atoms with Crippen molar-refractivity contribution < 1.29 is 4.79 Å². The predicted octanol–water partition coefficient (Wildman–Crippen LogP) is 1.91. The van der Waals surface area contributed by atoms with Crippen LogP contribution in [0.1, 0.15) is 29.6 Å². The van der Waals surface area contributed by atoms with Crippen LogP contribution in [-0.4, -0.2) is 42.0 Å². The van der Waals surface area contributed by atoms with Gasteiger partial charge in [-0.2, -0.15) is 0 Å². The van der Waals surface area contributed by atoms with E-state index < -0.39 is 0 Å². The number of nitrogens with two attached hydrogens (primary N) is 1. The molecule has 19 heavy (non-hydrogen) atoms. The maximum atomic E-state index is 12.2. The van der Waals surface area contributed by atoms with Crippen molar-refractivity contribution in [1.29, 1.82) is 0 Å². The SMILES string of the molecule is CN1CCCC(N(N)C(=O)c2ccccc2)CC1.Cl. The van der Waals surface area contributed by atoms with E-state index in [1.807, 2.05) is 30.3 Å². The first-order chi connectivity index (χ1) is 8.68. The van der Waals surface area contributed by atoms with E-state index in [-0.39, 0.29) is 24.4 Å². The lowest BCUT2D eigenvalue weighted by Crippen LogP contribution is -2.46. The average molecular weight is 284 g/mol. The predicted molar refractivity (Wildman–Crippen MR) is 79.2 cm³/mol. The number of likely N-dealkylation sites (tertiary alicyclic amines) is 1. The molecule has 1 aromatic rings. The van der Waals surface area contributed by atoms with Gasteiger partial charge in [0.05, 0.1) is 0 Å². The fraction of sp³-hybridized carbons (Fsp3) is 0.500. The Morgan fingerprint density at radius 3 is 2.63 bits per heavy atom. The Kier molecular flexibility index (Phi) is 6.28. The van der Waals surface area contributed by atoms with Gasteiger partial charge in [-0.25, -0.2) is 5.84 Å². The van der Waals surface area contributed by atoms with E-state index in [1.54, 1.807) is 0 Å². The van der Waals surface area contributed by atoms with Gasteiger partial charge in [-0.1, -0.05) is 18.2 Å². The molecule has 1 fully saturated rings. The molecule has 1 aromatic carbocycles. The third kappa shape index (κ3) is 4.20. The molecule has 0 aliphatic carbocycles. The van der Waals surface area contributed by atoms with Gasteiger partial charge < -0.3 is 4.90 Å². The molecule has 1 amide bonds. The summed E-state index contributed by atoms with van der Waals surface area (Å²) in [5, 5.41) is 1.43. The number of halogens is 1. The minimum atomic E-state index is -0.0786. The van der Waals surface area contributed by atoms with Gasteiger partial charge in [0.1, 0.15) is 0 Å². The number of amides is 1. The van der Waals surface area contributed by atoms with Crippen LogP contribution in [0.25, 0.3) is 0 Å². The molecule has 0 aromatic heterocycles. The third-order valence-electron chi connectivity index (χ3n) is 3.57. The monoisotopic (exact) mass is 283 g/mol. The lowest BCUT2D eigenvalue weighted by molar-refractivity contribution is 0.0660. The molecule has 5 heteroatoms. The summed E-state index contributed by atoms with van der Waals surface area (Å²) in [4.78, 5) is 14.5. The summed E-state index contributed by atoms with van der Waals surface area (Å²) in [5.41, 5.74) is 0.664. The lowest BCUT2D eigenvalue weighted by Gasteiger charge is -2.26. The van der Waals surface area contributed by atoms with Crippen LogP contribution in [0, 0.1) is 0 Å². The van der Waals surface area contributed by atoms with Crippen molar-refractivity contribution in [1.82, 2.24) is 9.91 Å². The Labute approximate surface area is 120 Å². The average Bonchev–Trinajstić information content (AvgIpc) is 2.63. The molecular formula is C14H22ClN3O. The van der Waals surface area contributed by atoms with E-state index in [0.717, 1.165) is 32.4 Å². The molecule has 0 bridgehead atoms. The highest BCUT2D eigenvalue weighted by Gasteiger charge is 2.23. The molecule has 0 spiro atoms. The number of rotatable bonds is 2. The first-order valence-electron chi connectivity index (χ1n) is 6.50. The largest absolute Gasteiger partial charge is 0.306 e. The summed E-state index contributed by atoms with van der Waals surface area (Å²) in [5.74, 6) is 5.93. The molecule has 1 atom stereocenters. The highest BCUT2D eigenvalue weighted by Crippen LogP contribution is 2.15. The molecule has 1 heterocycles. The van der Waals surface area contributed by atoms with Crippen molar-refractivity contribution in [2.24, 2.45) is 5.84 Å². The number of carbonyl (C=O) groups excluding carboxylic acids is 1. The zero-order chi connectivity index (χ0) is 13.0. The summed E-state index contributed by atoms with van der Waals surface area (Å²) < 4.78 is 0. The fourth-order valence-corrected chi connectivity index (χ4v) is 2.40. The van der Waals surface area contributed by atoms with Gasteiger partial charge in [0.25, 0.3) is 5.91 Å².